The number of nitrogens with two attached hydrogens (primary N) is 1. The molecule has 0 bridgehead atoms. The number of benzene rings is 1. The number of anilines is 4. The van der Waals surface area contributed by atoms with Gasteiger partial charge in [-0.25, -0.2) is 19.7 Å². The number of carboxylic acids is 1. The van der Waals surface area contributed by atoms with Crippen LogP contribution >= 0.6 is 23.2 Å². The summed E-state index contributed by atoms with van der Waals surface area (Å²) in [4.78, 5) is 29.1. The highest BCUT2D eigenvalue weighted by atomic mass is 35.5. The predicted molar refractivity (Wildman–Crippen MR) is 160 cm³/mol. The highest BCUT2D eigenvalue weighted by Gasteiger charge is 2.18. The van der Waals surface area contributed by atoms with Gasteiger partial charge < -0.3 is 40.7 Å². The number of oxazole rings is 1. The lowest BCUT2D eigenvalue weighted by Gasteiger charge is -2.18. The molecule has 0 aliphatic carbocycles. The molecule has 42 heavy (non-hydrogen) atoms. The molecule has 0 aliphatic heterocycles. The zero-order chi connectivity index (χ0) is 29.9. The molecular formula is C27H30Cl2N8O5. The van der Waals surface area contributed by atoms with Gasteiger partial charge in [-0.15, -0.1) is 0 Å². The average molecular weight is 617 g/mol. The molecule has 0 amide bonds. The van der Waals surface area contributed by atoms with Gasteiger partial charge in [0.1, 0.15) is 17.1 Å². The number of carbonyl (C=O) groups is 1. The predicted octanol–water partition coefficient (Wildman–Crippen LogP) is 4.60. The number of pyridine rings is 1. The Balaban J connectivity index is 1.55. The van der Waals surface area contributed by atoms with Crippen LogP contribution in [0.1, 0.15) is 22.1 Å². The van der Waals surface area contributed by atoms with Crippen molar-refractivity contribution >= 4 is 52.2 Å². The number of aryl methyl sites for hydroxylation is 1. The average Bonchev–Trinajstić information content (AvgIpc) is 3.44. The normalized spacial score (nSPS) is 11.0. The van der Waals surface area contributed by atoms with Crippen LogP contribution in [-0.4, -0.2) is 70.5 Å². The van der Waals surface area contributed by atoms with E-state index in [0.29, 0.717) is 95.6 Å². The number of nitrogens with one attached hydrogen (secondary N) is 3. The van der Waals surface area contributed by atoms with Crippen LogP contribution in [0.4, 0.5) is 23.0 Å². The summed E-state index contributed by atoms with van der Waals surface area (Å²) in [6, 6.07) is 6.61. The monoisotopic (exact) mass is 616 g/mol. The molecule has 0 fully saturated rings. The quantitative estimate of drug-likeness (QED) is 0.110. The van der Waals surface area contributed by atoms with E-state index in [-0.39, 0.29) is 12.1 Å². The molecule has 6 N–H and O–H groups in total. The molecule has 0 atom stereocenters. The Bertz CT molecular complexity index is 1500. The van der Waals surface area contributed by atoms with Crippen molar-refractivity contribution in [2.45, 2.75) is 13.5 Å². The van der Waals surface area contributed by atoms with E-state index in [1.54, 1.807) is 37.4 Å². The van der Waals surface area contributed by atoms with E-state index in [1.165, 1.54) is 12.4 Å². The van der Waals surface area contributed by atoms with Crippen molar-refractivity contribution in [1.29, 1.82) is 0 Å². The lowest BCUT2D eigenvalue weighted by atomic mass is 10.2. The molecule has 0 unspecified atom stereocenters. The molecule has 0 saturated heterocycles. The minimum atomic E-state index is -1.14. The highest BCUT2D eigenvalue weighted by molar-refractivity contribution is 6.35. The number of aromatic carboxylic acids is 1. The molecule has 15 heteroatoms. The van der Waals surface area contributed by atoms with Gasteiger partial charge in [0, 0.05) is 36.1 Å². The van der Waals surface area contributed by atoms with Gasteiger partial charge >= 0.3 is 5.97 Å². The maximum absolute atomic E-state index is 11.8. The molecule has 1 aromatic carbocycles. The number of hydrogen-bond donors (Lipinski definition) is 5. The number of aromatic nitrogens is 4. The van der Waals surface area contributed by atoms with E-state index >= 15 is 0 Å². The number of rotatable bonds is 16. The van der Waals surface area contributed by atoms with E-state index in [0.717, 1.165) is 0 Å². The van der Waals surface area contributed by atoms with Crippen LogP contribution in [0.15, 0.2) is 47.3 Å². The molecular weight excluding hydrogens is 587 g/mol. The summed E-state index contributed by atoms with van der Waals surface area (Å²) in [5.74, 6) is 0.912. The smallest absolute Gasteiger partial charge is 0.339 e. The minimum absolute atomic E-state index is 0.0183. The summed E-state index contributed by atoms with van der Waals surface area (Å²) < 4.78 is 16.8. The second-order valence-electron chi connectivity index (χ2n) is 8.73. The minimum Gasteiger partial charge on any atom is -0.478 e. The van der Waals surface area contributed by atoms with Crippen LogP contribution in [0.2, 0.25) is 10.0 Å². The van der Waals surface area contributed by atoms with Crippen molar-refractivity contribution in [2.24, 2.45) is 5.73 Å². The number of hydrogen-bond acceptors (Lipinski definition) is 12. The standard InChI is InChI=1S/C27H30Cl2N8O5/c1-16-35-25(32-7-9-41-11-10-40-8-5-30)24(26(36-16)37-21-4-6-31-13-19(21)27(38)39)34-15-23-33-14-22(42-23)18-12-17(28)2-3-20(18)29/h2-4,6,12-14,34H,5,7-11,15,30H2,1H3,(H,38,39)(H2,31,32,35,36,37). The first-order chi connectivity index (χ1) is 20.4. The largest absolute Gasteiger partial charge is 0.478 e. The first-order valence-electron chi connectivity index (χ1n) is 12.9. The summed E-state index contributed by atoms with van der Waals surface area (Å²) in [5, 5.41) is 20.2. The molecule has 0 saturated carbocycles. The third kappa shape index (κ3) is 8.50. The van der Waals surface area contributed by atoms with E-state index < -0.39 is 5.97 Å². The topological polar surface area (TPSA) is 183 Å². The number of carboxylic acid groups (broad SMARTS) is 1. The van der Waals surface area contributed by atoms with Gasteiger partial charge in [0.2, 0.25) is 5.89 Å². The molecule has 3 heterocycles. The van der Waals surface area contributed by atoms with Crippen molar-refractivity contribution < 1.29 is 23.8 Å². The number of nitrogens with zero attached hydrogens (tertiary/aromatic N) is 4. The van der Waals surface area contributed by atoms with E-state index in [2.05, 4.69) is 35.9 Å². The Hall–Kier alpha value is -4.01. The third-order valence-electron chi connectivity index (χ3n) is 5.66. The zero-order valence-electron chi connectivity index (χ0n) is 22.7. The highest BCUT2D eigenvalue weighted by Crippen LogP contribution is 2.33. The maximum atomic E-state index is 11.8. The Morgan fingerprint density at radius 2 is 1.83 bits per heavy atom. The third-order valence-corrected chi connectivity index (χ3v) is 6.23. The van der Waals surface area contributed by atoms with Crippen molar-refractivity contribution in [3.8, 4) is 11.3 Å². The molecule has 222 valence electrons. The van der Waals surface area contributed by atoms with Gasteiger partial charge in [-0.2, -0.15) is 0 Å². The van der Waals surface area contributed by atoms with Gasteiger partial charge in [-0.3, -0.25) is 4.98 Å². The summed E-state index contributed by atoms with van der Waals surface area (Å²) in [6.45, 7) is 4.48. The van der Waals surface area contributed by atoms with E-state index in [4.69, 9.17) is 42.8 Å². The van der Waals surface area contributed by atoms with Crippen LogP contribution < -0.4 is 21.7 Å². The van der Waals surface area contributed by atoms with Crippen LogP contribution in [0.25, 0.3) is 11.3 Å². The molecule has 0 spiro atoms. The van der Waals surface area contributed by atoms with Crippen molar-refractivity contribution in [3.05, 3.63) is 70.2 Å². The van der Waals surface area contributed by atoms with Crippen molar-refractivity contribution in [3.63, 3.8) is 0 Å². The van der Waals surface area contributed by atoms with Gasteiger partial charge in [-0.1, -0.05) is 23.2 Å². The Morgan fingerprint density at radius 3 is 2.62 bits per heavy atom. The van der Waals surface area contributed by atoms with Crippen molar-refractivity contribution in [2.75, 3.05) is 55.5 Å². The molecule has 0 radical (unpaired) electrons. The SMILES string of the molecule is Cc1nc(NCCOCCOCCN)c(NCc2ncc(-c3cc(Cl)ccc3Cl)o2)c(Nc2ccncc2C(=O)O)n1. The van der Waals surface area contributed by atoms with E-state index in [9.17, 15) is 9.90 Å². The lowest BCUT2D eigenvalue weighted by Crippen LogP contribution is -2.17. The summed E-state index contributed by atoms with van der Waals surface area (Å²) in [5.41, 5.74) is 6.77. The van der Waals surface area contributed by atoms with Crippen LogP contribution in [0.3, 0.4) is 0 Å². The van der Waals surface area contributed by atoms with Crippen LogP contribution in [0.5, 0.6) is 0 Å². The summed E-state index contributed by atoms with van der Waals surface area (Å²) in [6.07, 6.45) is 4.30. The molecule has 3 aromatic heterocycles. The van der Waals surface area contributed by atoms with E-state index in [1.807, 2.05) is 0 Å². The van der Waals surface area contributed by atoms with Crippen LogP contribution in [0, 0.1) is 6.92 Å². The zero-order valence-corrected chi connectivity index (χ0v) is 24.2. The first-order valence-corrected chi connectivity index (χ1v) is 13.7. The fourth-order valence-corrected chi connectivity index (χ4v) is 4.16. The van der Waals surface area contributed by atoms with Gasteiger partial charge in [-0.05, 0) is 31.2 Å². The fraction of sp³-hybridized carbons (Fsp3) is 0.296. The van der Waals surface area contributed by atoms with Gasteiger partial charge in [0.15, 0.2) is 17.4 Å². The summed E-state index contributed by atoms with van der Waals surface area (Å²) in [7, 11) is 0. The molecule has 4 rings (SSSR count). The first kappa shape index (κ1) is 30.9. The van der Waals surface area contributed by atoms with Crippen LogP contribution in [-0.2, 0) is 16.0 Å². The van der Waals surface area contributed by atoms with Gasteiger partial charge in [0.05, 0.1) is 49.9 Å². The molecule has 4 aromatic rings. The molecule has 0 aliphatic rings. The number of ether oxygens (including phenoxy) is 2. The fourth-order valence-electron chi connectivity index (χ4n) is 3.77. The molecule has 13 nitrogen and oxygen atoms in total. The Morgan fingerprint density at radius 1 is 1.05 bits per heavy atom. The summed E-state index contributed by atoms with van der Waals surface area (Å²) >= 11 is 12.4. The lowest BCUT2D eigenvalue weighted by molar-refractivity contribution is 0.0547. The van der Waals surface area contributed by atoms with Crippen molar-refractivity contribution in [1.82, 2.24) is 19.9 Å². The number of halogens is 2. The Labute approximate surface area is 251 Å². The Kier molecular flexibility index (Phi) is 11.3. The maximum Gasteiger partial charge on any atom is 0.339 e. The van der Waals surface area contributed by atoms with Gasteiger partial charge in [0.25, 0.3) is 0 Å². The second kappa shape index (κ2) is 15.3. The second-order valence-corrected chi connectivity index (χ2v) is 9.57.